The molecule has 1 aromatic rings. The number of Topliss-reactive ketones (excluding diaryl/α,β-unsaturated/α-hetero) is 1. The molecule has 1 amide bonds. The maximum atomic E-state index is 12.9. The van der Waals surface area contributed by atoms with E-state index in [0.717, 1.165) is 0 Å². The molecule has 0 spiro atoms. The molecule has 2 aliphatic heterocycles. The number of rotatable bonds is 2. The van der Waals surface area contributed by atoms with Gasteiger partial charge in [0.1, 0.15) is 5.78 Å². The van der Waals surface area contributed by atoms with Crippen LogP contribution in [0.3, 0.4) is 0 Å². The average molecular weight is 359 g/mol. The normalized spacial score (nSPS) is 25.4. The highest BCUT2D eigenvalue weighted by Gasteiger charge is 2.47. The number of amides is 1. The number of fused-ring (bicyclic) bond motifs is 2. The molecule has 1 aromatic carbocycles. The predicted molar refractivity (Wildman–Crippen MR) is 81.9 cm³/mol. The summed E-state index contributed by atoms with van der Waals surface area (Å²) in [7, 11) is -3.81. The number of likely N-dealkylation sites (tertiary alicyclic amines) is 1. The second-order valence-corrected chi connectivity index (χ2v) is 8.01. The molecule has 7 nitrogen and oxygen atoms in total. The second-order valence-electron chi connectivity index (χ2n) is 5.73. The van der Waals surface area contributed by atoms with E-state index in [0.29, 0.717) is 5.02 Å². The molecular formula is C14H15ClN2O5S. The quantitative estimate of drug-likeness (QED) is 0.862. The van der Waals surface area contributed by atoms with Crippen LogP contribution in [0.25, 0.3) is 0 Å². The molecule has 2 aliphatic rings. The van der Waals surface area contributed by atoms with Crippen molar-refractivity contribution in [3.8, 4) is 0 Å². The molecule has 3 rings (SSSR count). The minimum Gasteiger partial charge on any atom is -0.465 e. The summed E-state index contributed by atoms with van der Waals surface area (Å²) in [5.74, 6) is -0.0346. The van der Waals surface area contributed by atoms with E-state index in [2.05, 4.69) is 0 Å². The van der Waals surface area contributed by atoms with Crippen LogP contribution in [0.2, 0.25) is 5.02 Å². The number of hydrogen-bond acceptors (Lipinski definition) is 4. The topological polar surface area (TPSA) is 95.0 Å². The van der Waals surface area contributed by atoms with Crippen molar-refractivity contribution in [1.82, 2.24) is 9.21 Å². The zero-order valence-corrected chi connectivity index (χ0v) is 13.6. The molecule has 2 heterocycles. The number of piperazine rings is 1. The highest BCUT2D eigenvalue weighted by atomic mass is 35.5. The van der Waals surface area contributed by atoms with Crippen molar-refractivity contribution in [2.75, 3.05) is 13.1 Å². The van der Waals surface area contributed by atoms with Gasteiger partial charge in [-0.1, -0.05) is 11.6 Å². The first-order chi connectivity index (χ1) is 10.8. The minimum atomic E-state index is -3.81. The lowest BCUT2D eigenvalue weighted by Crippen LogP contribution is -2.64. The van der Waals surface area contributed by atoms with Gasteiger partial charge in [-0.2, -0.15) is 4.31 Å². The maximum Gasteiger partial charge on any atom is 0.407 e. The molecule has 0 saturated carbocycles. The molecule has 1 N–H and O–H groups in total. The number of hydrogen-bond donors (Lipinski definition) is 1. The lowest BCUT2D eigenvalue weighted by atomic mass is 9.93. The van der Waals surface area contributed by atoms with E-state index in [-0.39, 0.29) is 36.6 Å². The Morgan fingerprint density at radius 3 is 2.13 bits per heavy atom. The molecule has 2 unspecified atom stereocenters. The molecule has 0 radical (unpaired) electrons. The number of piperidine rings is 1. The fraction of sp³-hybridized carbons (Fsp3) is 0.429. The highest BCUT2D eigenvalue weighted by Crippen LogP contribution is 2.33. The van der Waals surface area contributed by atoms with Crippen LogP contribution in [0.4, 0.5) is 4.79 Å². The molecule has 2 atom stereocenters. The molecule has 2 fully saturated rings. The third kappa shape index (κ3) is 2.93. The van der Waals surface area contributed by atoms with Crippen molar-refractivity contribution >= 4 is 33.5 Å². The molecule has 9 heteroatoms. The number of carbonyl (C=O) groups excluding carboxylic acids is 1. The van der Waals surface area contributed by atoms with Crippen molar-refractivity contribution in [2.24, 2.45) is 0 Å². The standard InChI is InChI=1S/C14H15ClN2O5S/c15-9-1-3-13(4-2-9)23(21,22)17-10-5-12(18)6-11(17)8-16(7-10)14(19)20/h1-4,10-11H,5-8H2,(H,19,20). The Morgan fingerprint density at radius 2 is 1.65 bits per heavy atom. The van der Waals surface area contributed by atoms with Gasteiger partial charge in [-0.05, 0) is 24.3 Å². The largest absolute Gasteiger partial charge is 0.465 e. The Morgan fingerprint density at radius 1 is 1.13 bits per heavy atom. The van der Waals surface area contributed by atoms with Crippen molar-refractivity contribution < 1.29 is 23.1 Å². The minimum absolute atomic E-state index is 0.00436. The average Bonchev–Trinajstić information content (AvgIpc) is 2.45. The monoisotopic (exact) mass is 358 g/mol. The van der Waals surface area contributed by atoms with Gasteiger partial charge in [0.15, 0.2) is 0 Å². The molecule has 0 aromatic heterocycles. The van der Waals surface area contributed by atoms with Crippen molar-refractivity contribution in [2.45, 2.75) is 29.8 Å². The van der Waals surface area contributed by atoms with Crippen LogP contribution in [-0.4, -0.2) is 59.8 Å². The van der Waals surface area contributed by atoms with Gasteiger partial charge in [0, 0.05) is 31.0 Å². The predicted octanol–water partition coefficient (Wildman–Crippen LogP) is 1.42. The number of benzene rings is 1. The summed E-state index contributed by atoms with van der Waals surface area (Å²) in [4.78, 5) is 24.3. The number of sulfonamides is 1. The molecule has 2 saturated heterocycles. The molecular weight excluding hydrogens is 344 g/mol. The molecule has 0 aliphatic carbocycles. The van der Waals surface area contributed by atoms with Crippen LogP contribution >= 0.6 is 11.6 Å². The SMILES string of the molecule is O=C1CC2CN(C(=O)O)CC(C1)N2S(=O)(=O)c1ccc(Cl)cc1. The number of nitrogens with zero attached hydrogens (tertiary/aromatic N) is 2. The van der Waals surface area contributed by atoms with Crippen LogP contribution in [0.1, 0.15) is 12.8 Å². The summed E-state index contributed by atoms with van der Waals surface area (Å²) in [5.41, 5.74) is 0. The van der Waals surface area contributed by atoms with Gasteiger partial charge in [-0.25, -0.2) is 13.2 Å². The van der Waals surface area contributed by atoms with Crippen LogP contribution in [0, 0.1) is 0 Å². The summed E-state index contributed by atoms with van der Waals surface area (Å²) < 4.78 is 27.1. The van der Waals surface area contributed by atoms with Gasteiger partial charge in [-0.3, -0.25) is 4.79 Å². The number of carbonyl (C=O) groups is 2. The summed E-state index contributed by atoms with van der Waals surface area (Å²) >= 11 is 5.79. The van der Waals surface area contributed by atoms with E-state index < -0.39 is 28.2 Å². The fourth-order valence-electron chi connectivity index (χ4n) is 3.24. The van der Waals surface area contributed by atoms with E-state index >= 15 is 0 Å². The lowest BCUT2D eigenvalue weighted by molar-refractivity contribution is -0.125. The van der Waals surface area contributed by atoms with Gasteiger partial charge in [-0.15, -0.1) is 0 Å². The first-order valence-electron chi connectivity index (χ1n) is 7.07. The molecule has 124 valence electrons. The van der Waals surface area contributed by atoms with Crippen molar-refractivity contribution in [3.63, 3.8) is 0 Å². The Kier molecular flexibility index (Phi) is 4.07. The summed E-state index contributed by atoms with van der Waals surface area (Å²) in [6.07, 6.45) is -1.03. The zero-order chi connectivity index (χ0) is 16.8. The Hall–Kier alpha value is -1.64. The van der Waals surface area contributed by atoms with Crippen LogP contribution in [0.15, 0.2) is 29.2 Å². The van der Waals surface area contributed by atoms with E-state index in [1.165, 1.54) is 33.5 Å². The van der Waals surface area contributed by atoms with Gasteiger partial charge >= 0.3 is 6.09 Å². The van der Waals surface area contributed by atoms with Crippen LogP contribution in [-0.2, 0) is 14.8 Å². The number of halogens is 1. The summed E-state index contributed by atoms with van der Waals surface area (Å²) in [6.45, 7) is 0.00872. The third-order valence-electron chi connectivity index (χ3n) is 4.17. The van der Waals surface area contributed by atoms with Gasteiger partial charge in [0.25, 0.3) is 0 Å². The van der Waals surface area contributed by atoms with E-state index in [1.54, 1.807) is 0 Å². The highest BCUT2D eigenvalue weighted by molar-refractivity contribution is 7.89. The van der Waals surface area contributed by atoms with E-state index in [1.807, 2.05) is 0 Å². The Balaban J connectivity index is 1.97. The number of ketones is 1. The van der Waals surface area contributed by atoms with Crippen molar-refractivity contribution in [3.05, 3.63) is 29.3 Å². The Labute approximate surface area is 138 Å². The summed E-state index contributed by atoms with van der Waals surface area (Å²) in [5, 5.41) is 9.58. The molecule has 2 bridgehead atoms. The van der Waals surface area contributed by atoms with Crippen LogP contribution in [0.5, 0.6) is 0 Å². The maximum absolute atomic E-state index is 12.9. The first kappa shape index (κ1) is 16.2. The Bertz CT molecular complexity index is 731. The fourth-order valence-corrected chi connectivity index (χ4v) is 5.15. The van der Waals surface area contributed by atoms with Crippen LogP contribution < -0.4 is 0 Å². The lowest BCUT2D eigenvalue weighted by Gasteiger charge is -2.47. The van der Waals surface area contributed by atoms with Gasteiger partial charge in [0.2, 0.25) is 10.0 Å². The smallest absolute Gasteiger partial charge is 0.407 e. The van der Waals surface area contributed by atoms with Gasteiger partial charge in [0.05, 0.1) is 17.0 Å². The van der Waals surface area contributed by atoms with Gasteiger partial charge < -0.3 is 10.0 Å². The number of carboxylic acid groups (broad SMARTS) is 1. The van der Waals surface area contributed by atoms with Crippen molar-refractivity contribution in [1.29, 1.82) is 0 Å². The first-order valence-corrected chi connectivity index (χ1v) is 8.89. The third-order valence-corrected chi connectivity index (χ3v) is 6.44. The zero-order valence-electron chi connectivity index (χ0n) is 12.1. The van der Waals surface area contributed by atoms with E-state index in [9.17, 15) is 18.0 Å². The molecule has 23 heavy (non-hydrogen) atoms. The van der Waals surface area contributed by atoms with E-state index in [4.69, 9.17) is 16.7 Å². The summed E-state index contributed by atoms with van der Waals surface area (Å²) in [6, 6.07) is 4.49. The second kappa shape index (κ2) is 5.77.